The first-order valence-corrected chi connectivity index (χ1v) is 15.9. The number of aliphatic imine (C=N–C) groups is 1. The lowest BCUT2D eigenvalue weighted by molar-refractivity contribution is 0.242. The minimum absolute atomic E-state index is 0.253. The van der Waals surface area contributed by atoms with Crippen LogP contribution in [0.25, 0.3) is 0 Å². The molecule has 218 valence electrons. The standard InChI is InChI=1S/C31H43N3O5S/c1-20-6-12-24(15-28(20)37-3)40(35,36)32-18-21-7-9-22(10-8-21)19-34(2)31-17-26-25-16-30(39-5)29(38-4)14-23(25)11-13-27(26)33-31/h6,12,14-16,21-22,26-27,32H,7-11,13,17-19H2,1-5H3/t21?,22?,26-,27+/m0/s1. The van der Waals surface area contributed by atoms with Crippen LogP contribution in [0.15, 0.2) is 40.2 Å². The third kappa shape index (κ3) is 5.96. The fourth-order valence-electron chi connectivity index (χ4n) is 6.70. The maximum atomic E-state index is 12.9. The molecule has 9 heteroatoms. The highest BCUT2D eigenvalue weighted by Crippen LogP contribution is 2.44. The Morgan fingerprint density at radius 1 is 0.925 bits per heavy atom. The first-order valence-electron chi connectivity index (χ1n) is 14.4. The van der Waals surface area contributed by atoms with Crippen molar-refractivity contribution < 1.29 is 22.6 Å². The number of aryl methyl sites for hydroxylation is 2. The fraction of sp³-hybridized carbons (Fsp3) is 0.581. The average molecular weight is 570 g/mol. The monoisotopic (exact) mass is 569 g/mol. The topological polar surface area (TPSA) is 89.5 Å². The number of benzene rings is 2. The van der Waals surface area contributed by atoms with E-state index in [1.807, 2.05) is 6.92 Å². The molecular weight excluding hydrogens is 526 g/mol. The Morgan fingerprint density at radius 2 is 1.60 bits per heavy atom. The second-order valence-electron chi connectivity index (χ2n) is 11.6. The van der Waals surface area contributed by atoms with Crippen LogP contribution in [0.3, 0.4) is 0 Å². The van der Waals surface area contributed by atoms with E-state index in [9.17, 15) is 8.42 Å². The molecule has 3 aliphatic rings. The predicted molar refractivity (Wildman–Crippen MR) is 157 cm³/mol. The molecule has 40 heavy (non-hydrogen) atoms. The van der Waals surface area contributed by atoms with Crippen molar-refractivity contribution in [2.24, 2.45) is 16.8 Å². The summed E-state index contributed by atoms with van der Waals surface area (Å²) in [6.07, 6.45) is 7.33. The van der Waals surface area contributed by atoms with Gasteiger partial charge in [-0.3, -0.25) is 4.99 Å². The van der Waals surface area contributed by atoms with Gasteiger partial charge in [-0.25, -0.2) is 13.1 Å². The van der Waals surface area contributed by atoms with Crippen molar-refractivity contribution in [3.8, 4) is 17.2 Å². The maximum absolute atomic E-state index is 12.9. The van der Waals surface area contributed by atoms with Crippen molar-refractivity contribution in [1.82, 2.24) is 9.62 Å². The van der Waals surface area contributed by atoms with Gasteiger partial charge in [0.25, 0.3) is 0 Å². The van der Waals surface area contributed by atoms with E-state index >= 15 is 0 Å². The van der Waals surface area contributed by atoms with Crippen molar-refractivity contribution in [3.63, 3.8) is 0 Å². The number of fused-ring (bicyclic) bond motifs is 3. The van der Waals surface area contributed by atoms with Crippen LogP contribution >= 0.6 is 0 Å². The third-order valence-corrected chi connectivity index (χ3v) is 10.5. The molecule has 2 aromatic rings. The van der Waals surface area contributed by atoms with E-state index < -0.39 is 10.0 Å². The van der Waals surface area contributed by atoms with Gasteiger partial charge in [-0.05, 0) is 92.2 Å². The van der Waals surface area contributed by atoms with Gasteiger partial charge in [0.15, 0.2) is 11.5 Å². The number of amidine groups is 1. The highest BCUT2D eigenvalue weighted by Gasteiger charge is 2.37. The van der Waals surface area contributed by atoms with Crippen LogP contribution in [0, 0.1) is 18.8 Å². The molecule has 1 aliphatic heterocycles. The molecule has 0 bridgehead atoms. The van der Waals surface area contributed by atoms with Gasteiger partial charge >= 0.3 is 0 Å². The van der Waals surface area contributed by atoms with Gasteiger partial charge in [-0.1, -0.05) is 6.07 Å². The van der Waals surface area contributed by atoms with E-state index in [4.69, 9.17) is 19.2 Å². The summed E-state index contributed by atoms with van der Waals surface area (Å²) in [6, 6.07) is 9.65. The van der Waals surface area contributed by atoms with Gasteiger partial charge < -0.3 is 19.1 Å². The third-order valence-electron chi connectivity index (χ3n) is 9.13. The Morgan fingerprint density at radius 3 is 2.30 bits per heavy atom. The van der Waals surface area contributed by atoms with Crippen molar-refractivity contribution in [1.29, 1.82) is 0 Å². The molecule has 1 fully saturated rings. The molecule has 2 aromatic carbocycles. The van der Waals surface area contributed by atoms with Gasteiger partial charge in [0, 0.05) is 38.5 Å². The van der Waals surface area contributed by atoms with Crippen LogP contribution in [0.1, 0.15) is 61.1 Å². The van der Waals surface area contributed by atoms with E-state index in [0.717, 1.165) is 68.6 Å². The predicted octanol–water partition coefficient (Wildman–Crippen LogP) is 4.94. The lowest BCUT2D eigenvalue weighted by Gasteiger charge is -2.32. The highest BCUT2D eigenvalue weighted by molar-refractivity contribution is 7.89. The quantitative estimate of drug-likeness (QED) is 0.460. The minimum atomic E-state index is -3.56. The molecule has 0 amide bonds. The Hall–Kier alpha value is -2.78. The molecule has 0 radical (unpaired) electrons. The number of ether oxygens (including phenoxy) is 3. The van der Waals surface area contributed by atoms with Crippen LogP contribution in [0.4, 0.5) is 0 Å². The molecule has 8 nitrogen and oxygen atoms in total. The number of nitrogens with zero attached hydrogens (tertiary/aromatic N) is 2. The van der Waals surface area contributed by atoms with E-state index in [-0.39, 0.29) is 4.90 Å². The summed E-state index contributed by atoms with van der Waals surface area (Å²) in [5, 5.41) is 0. The van der Waals surface area contributed by atoms with E-state index in [2.05, 4.69) is 28.8 Å². The van der Waals surface area contributed by atoms with E-state index in [0.29, 0.717) is 36.1 Å². The Bertz CT molecular complexity index is 1350. The summed E-state index contributed by atoms with van der Waals surface area (Å²) in [4.78, 5) is 7.80. The number of methoxy groups -OCH3 is 3. The minimum Gasteiger partial charge on any atom is -0.496 e. The van der Waals surface area contributed by atoms with Crippen molar-refractivity contribution in [3.05, 3.63) is 47.0 Å². The molecule has 5 rings (SSSR count). The van der Waals surface area contributed by atoms with Crippen LogP contribution in [0.2, 0.25) is 0 Å². The van der Waals surface area contributed by atoms with Gasteiger partial charge in [0.1, 0.15) is 5.75 Å². The molecule has 1 heterocycles. The largest absolute Gasteiger partial charge is 0.496 e. The number of hydrogen-bond donors (Lipinski definition) is 1. The Labute approximate surface area is 239 Å². The average Bonchev–Trinajstić information content (AvgIpc) is 3.41. The summed E-state index contributed by atoms with van der Waals surface area (Å²) in [6.45, 7) is 3.38. The fourth-order valence-corrected chi connectivity index (χ4v) is 7.83. The molecule has 1 saturated carbocycles. The SMILES string of the molecule is COc1cc(S(=O)(=O)NCC2CCC(CN(C)C3=N[C@@H]4CCc5cc(OC)c(OC)cc5[C@@H]4C3)CC2)ccc1C. The van der Waals surface area contributed by atoms with Gasteiger partial charge in [-0.15, -0.1) is 0 Å². The van der Waals surface area contributed by atoms with E-state index in [1.54, 1.807) is 39.5 Å². The smallest absolute Gasteiger partial charge is 0.240 e. The summed E-state index contributed by atoms with van der Waals surface area (Å²) in [7, 11) is 3.56. The zero-order valence-electron chi connectivity index (χ0n) is 24.4. The number of hydrogen-bond acceptors (Lipinski definition) is 7. The first-order chi connectivity index (χ1) is 19.2. The maximum Gasteiger partial charge on any atom is 0.240 e. The lowest BCUT2D eigenvalue weighted by atomic mass is 9.79. The molecule has 0 unspecified atom stereocenters. The van der Waals surface area contributed by atoms with E-state index in [1.165, 1.54) is 17.0 Å². The summed E-state index contributed by atoms with van der Waals surface area (Å²) in [5.41, 5.74) is 3.62. The number of rotatable bonds is 9. The van der Waals surface area contributed by atoms with Gasteiger partial charge in [0.05, 0.1) is 38.1 Å². The summed E-state index contributed by atoms with van der Waals surface area (Å²) >= 11 is 0. The van der Waals surface area contributed by atoms with Gasteiger partial charge in [-0.2, -0.15) is 0 Å². The molecule has 1 N–H and O–H groups in total. The normalized spacial score (nSPS) is 24.1. The zero-order valence-corrected chi connectivity index (χ0v) is 25.2. The van der Waals surface area contributed by atoms with Crippen LogP contribution in [-0.4, -0.2) is 66.7 Å². The molecule has 0 aromatic heterocycles. The number of sulfonamides is 1. The second kappa shape index (κ2) is 12.0. The molecule has 0 spiro atoms. The summed E-state index contributed by atoms with van der Waals surface area (Å²) in [5.74, 6) is 4.75. The zero-order chi connectivity index (χ0) is 28.4. The Balaban J connectivity index is 1.12. The van der Waals surface area contributed by atoms with Crippen molar-refractivity contribution >= 4 is 15.9 Å². The second-order valence-corrected chi connectivity index (χ2v) is 13.4. The lowest BCUT2D eigenvalue weighted by Crippen LogP contribution is -2.35. The van der Waals surface area contributed by atoms with Crippen molar-refractivity contribution in [2.75, 3.05) is 41.5 Å². The van der Waals surface area contributed by atoms with Crippen molar-refractivity contribution in [2.45, 2.75) is 68.7 Å². The first kappa shape index (κ1) is 28.7. The number of nitrogens with one attached hydrogen (secondary N) is 1. The van der Waals surface area contributed by atoms with Crippen LogP contribution < -0.4 is 18.9 Å². The van der Waals surface area contributed by atoms with Crippen LogP contribution in [0.5, 0.6) is 17.2 Å². The highest BCUT2D eigenvalue weighted by atomic mass is 32.2. The Kier molecular flexibility index (Phi) is 8.61. The molecule has 2 atom stereocenters. The summed E-state index contributed by atoms with van der Waals surface area (Å²) < 4.78 is 45.0. The van der Waals surface area contributed by atoms with Crippen LogP contribution in [-0.2, 0) is 16.4 Å². The molecule has 2 aliphatic carbocycles. The van der Waals surface area contributed by atoms with Gasteiger partial charge in [0.2, 0.25) is 10.0 Å². The molecule has 0 saturated heterocycles. The molecular formula is C31H43N3O5S.